The number of halogens is 1. The van der Waals surface area contributed by atoms with Crippen LogP contribution in [-0.4, -0.2) is 17.6 Å². The van der Waals surface area contributed by atoms with Crippen LogP contribution in [0.15, 0.2) is 28.9 Å². The van der Waals surface area contributed by atoms with Crippen LogP contribution in [0.5, 0.6) is 0 Å². The summed E-state index contributed by atoms with van der Waals surface area (Å²) < 4.78 is 1.15. The van der Waals surface area contributed by atoms with E-state index in [9.17, 15) is 0 Å². The fraction of sp³-hybridized carbons (Fsp3) is 0.429. The van der Waals surface area contributed by atoms with Gasteiger partial charge in [0.1, 0.15) is 0 Å². The molecule has 1 aliphatic carbocycles. The third kappa shape index (κ3) is 2.55. The first-order chi connectivity index (χ1) is 8.34. The smallest absolute Gasteiger partial charge is 0.0601 e. The predicted molar refractivity (Wildman–Crippen MR) is 75.3 cm³/mol. The molecule has 0 radical (unpaired) electrons. The van der Waals surface area contributed by atoms with Gasteiger partial charge in [-0.2, -0.15) is 0 Å². The molecule has 0 atom stereocenters. The van der Waals surface area contributed by atoms with E-state index in [0.717, 1.165) is 23.5 Å². The molecule has 90 valence electrons. The Morgan fingerprint density at radius 2 is 2.24 bits per heavy atom. The summed E-state index contributed by atoms with van der Waals surface area (Å²) in [6, 6.07) is 7.20. The van der Waals surface area contributed by atoms with Crippen LogP contribution in [0.25, 0.3) is 10.9 Å². The molecule has 1 heterocycles. The molecule has 3 rings (SSSR count). The maximum Gasteiger partial charge on any atom is 0.0601 e. The second-order valence-electron chi connectivity index (χ2n) is 4.81. The summed E-state index contributed by atoms with van der Waals surface area (Å²) in [4.78, 5) is 3.35. The second-order valence-corrected chi connectivity index (χ2v) is 5.66. The van der Waals surface area contributed by atoms with Crippen molar-refractivity contribution >= 4 is 26.8 Å². The molecule has 1 aliphatic rings. The lowest BCUT2D eigenvalue weighted by Crippen LogP contribution is -2.17. The van der Waals surface area contributed by atoms with Crippen molar-refractivity contribution in [3.05, 3.63) is 34.4 Å². The van der Waals surface area contributed by atoms with E-state index in [2.05, 4.69) is 50.6 Å². The van der Waals surface area contributed by atoms with Crippen LogP contribution >= 0.6 is 15.9 Å². The Morgan fingerprint density at radius 3 is 3.06 bits per heavy atom. The average Bonchev–Trinajstić information content (AvgIpc) is 3.06. The van der Waals surface area contributed by atoms with Gasteiger partial charge in [-0.15, -0.1) is 0 Å². The summed E-state index contributed by atoms with van der Waals surface area (Å²) in [5.41, 5.74) is 2.65. The number of aryl methyl sites for hydroxylation is 1. The van der Waals surface area contributed by atoms with Crippen LogP contribution in [0.1, 0.15) is 24.8 Å². The van der Waals surface area contributed by atoms with Crippen molar-refractivity contribution < 1.29 is 0 Å². The summed E-state index contributed by atoms with van der Waals surface area (Å²) in [7, 11) is 0. The molecular formula is C14H17BrN2. The highest BCUT2D eigenvalue weighted by Gasteiger charge is 2.19. The number of rotatable bonds is 5. The number of aromatic amines is 1. The first-order valence-electron chi connectivity index (χ1n) is 6.32. The molecule has 3 heteroatoms. The first-order valence-corrected chi connectivity index (χ1v) is 7.12. The summed E-state index contributed by atoms with van der Waals surface area (Å²) in [6.07, 6.45) is 7.26. The molecule has 2 N–H and O–H groups in total. The first kappa shape index (κ1) is 11.3. The zero-order chi connectivity index (χ0) is 11.7. The van der Waals surface area contributed by atoms with Crippen molar-refractivity contribution in [1.82, 2.24) is 10.3 Å². The van der Waals surface area contributed by atoms with Gasteiger partial charge in [-0.1, -0.05) is 12.1 Å². The minimum absolute atomic E-state index is 0.826. The lowest BCUT2D eigenvalue weighted by molar-refractivity contribution is 0.646. The fourth-order valence-corrected chi connectivity index (χ4v) is 2.74. The Labute approximate surface area is 110 Å². The standard InChI is InChI=1S/C14H17BrN2/c15-13-5-1-4-12-10(9-17-14(12)13)3-2-8-16-11-6-7-11/h1,4-5,9,11,16-17H,2-3,6-8H2. The van der Waals surface area contributed by atoms with E-state index in [-0.39, 0.29) is 0 Å². The van der Waals surface area contributed by atoms with Crippen LogP contribution in [0.4, 0.5) is 0 Å². The molecule has 17 heavy (non-hydrogen) atoms. The molecule has 0 bridgehead atoms. The molecule has 0 amide bonds. The lowest BCUT2D eigenvalue weighted by Gasteiger charge is -2.02. The number of fused-ring (bicyclic) bond motifs is 1. The largest absolute Gasteiger partial charge is 0.360 e. The number of aromatic nitrogens is 1. The van der Waals surface area contributed by atoms with E-state index < -0.39 is 0 Å². The molecule has 2 aromatic rings. The Morgan fingerprint density at radius 1 is 1.35 bits per heavy atom. The summed E-state index contributed by atoms with van der Waals surface area (Å²) in [6.45, 7) is 1.14. The van der Waals surface area contributed by atoms with Crippen LogP contribution in [0.3, 0.4) is 0 Å². The second kappa shape index (κ2) is 4.83. The number of benzene rings is 1. The third-order valence-corrected chi connectivity index (χ3v) is 4.04. The Hall–Kier alpha value is -0.800. The van der Waals surface area contributed by atoms with E-state index in [1.807, 2.05) is 0 Å². The number of hydrogen-bond donors (Lipinski definition) is 2. The molecule has 2 nitrogen and oxygen atoms in total. The molecule has 0 aliphatic heterocycles. The van der Waals surface area contributed by atoms with Gasteiger partial charge in [-0.25, -0.2) is 0 Å². The number of para-hydroxylation sites is 1. The average molecular weight is 293 g/mol. The Balaban J connectivity index is 1.65. The molecule has 0 saturated heterocycles. The van der Waals surface area contributed by atoms with Gasteiger partial charge in [-0.05, 0) is 59.8 Å². The van der Waals surface area contributed by atoms with Crippen LogP contribution in [-0.2, 0) is 6.42 Å². The van der Waals surface area contributed by atoms with Gasteiger partial charge in [0, 0.05) is 22.1 Å². The van der Waals surface area contributed by atoms with Gasteiger partial charge < -0.3 is 10.3 Å². The van der Waals surface area contributed by atoms with Crippen molar-refractivity contribution in [3.8, 4) is 0 Å². The maximum atomic E-state index is 3.58. The van der Waals surface area contributed by atoms with Crippen molar-refractivity contribution in [2.75, 3.05) is 6.54 Å². The molecule has 0 spiro atoms. The molecule has 0 unspecified atom stereocenters. The summed E-state index contributed by atoms with van der Waals surface area (Å²) >= 11 is 3.58. The monoisotopic (exact) mass is 292 g/mol. The molecule has 1 saturated carbocycles. The van der Waals surface area contributed by atoms with Gasteiger partial charge in [-0.3, -0.25) is 0 Å². The van der Waals surface area contributed by atoms with Crippen LogP contribution in [0, 0.1) is 0 Å². The highest BCUT2D eigenvalue weighted by atomic mass is 79.9. The predicted octanol–water partition coefficient (Wildman–Crippen LogP) is 3.62. The van der Waals surface area contributed by atoms with Crippen molar-refractivity contribution in [1.29, 1.82) is 0 Å². The van der Waals surface area contributed by atoms with Gasteiger partial charge in [0.05, 0.1) is 5.52 Å². The molecular weight excluding hydrogens is 276 g/mol. The highest BCUT2D eigenvalue weighted by Crippen LogP contribution is 2.26. The minimum Gasteiger partial charge on any atom is -0.360 e. The molecule has 1 aromatic carbocycles. The van der Waals surface area contributed by atoms with E-state index in [4.69, 9.17) is 0 Å². The van der Waals surface area contributed by atoms with E-state index in [0.29, 0.717) is 0 Å². The quantitative estimate of drug-likeness (QED) is 0.810. The van der Waals surface area contributed by atoms with Crippen LogP contribution in [0.2, 0.25) is 0 Å². The number of hydrogen-bond acceptors (Lipinski definition) is 1. The van der Waals surface area contributed by atoms with E-state index in [1.165, 1.54) is 35.7 Å². The number of nitrogens with one attached hydrogen (secondary N) is 2. The topological polar surface area (TPSA) is 27.8 Å². The van der Waals surface area contributed by atoms with Crippen molar-refractivity contribution in [2.45, 2.75) is 31.7 Å². The van der Waals surface area contributed by atoms with E-state index in [1.54, 1.807) is 0 Å². The Kier molecular flexibility index (Phi) is 3.21. The fourth-order valence-electron chi connectivity index (χ4n) is 2.25. The van der Waals surface area contributed by atoms with Gasteiger partial charge >= 0.3 is 0 Å². The Bertz CT molecular complexity index is 514. The lowest BCUT2D eigenvalue weighted by atomic mass is 10.1. The van der Waals surface area contributed by atoms with Gasteiger partial charge in [0.15, 0.2) is 0 Å². The highest BCUT2D eigenvalue weighted by molar-refractivity contribution is 9.10. The molecule has 1 aromatic heterocycles. The normalized spacial score (nSPS) is 15.6. The van der Waals surface area contributed by atoms with Gasteiger partial charge in [0.2, 0.25) is 0 Å². The van der Waals surface area contributed by atoms with Crippen molar-refractivity contribution in [3.63, 3.8) is 0 Å². The zero-order valence-corrected chi connectivity index (χ0v) is 11.4. The maximum absolute atomic E-state index is 3.58. The third-order valence-electron chi connectivity index (χ3n) is 3.38. The SMILES string of the molecule is Brc1cccc2c(CCCNC3CC3)c[nH]c12. The zero-order valence-electron chi connectivity index (χ0n) is 9.80. The van der Waals surface area contributed by atoms with Gasteiger partial charge in [0.25, 0.3) is 0 Å². The van der Waals surface area contributed by atoms with Crippen LogP contribution < -0.4 is 5.32 Å². The summed E-state index contributed by atoms with van der Waals surface area (Å²) in [5.74, 6) is 0. The minimum atomic E-state index is 0.826. The summed E-state index contributed by atoms with van der Waals surface area (Å²) in [5, 5.41) is 4.91. The van der Waals surface area contributed by atoms with E-state index >= 15 is 0 Å². The van der Waals surface area contributed by atoms with Crippen molar-refractivity contribution in [2.24, 2.45) is 0 Å². The number of H-pyrrole nitrogens is 1. The molecule has 1 fully saturated rings.